The first-order valence-electron chi connectivity index (χ1n) is 10.7. The first-order valence-corrected chi connectivity index (χ1v) is 11.7. The monoisotopic (exact) mass is 436 g/mol. The van der Waals surface area contributed by atoms with Gasteiger partial charge in [-0.2, -0.15) is 0 Å². The minimum atomic E-state index is -0.0342. The lowest BCUT2D eigenvalue weighted by atomic mass is 10.1. The highest BCUT2D eigenvalue weighted by atomic mass is 32.2. The third-order valence-corrected chi connectivity index (χ3v) is 6.56. The van der Waals surface area contributed by atoms with Gasteiger partial charge in [-0.15, -0.1) is 10.2 Å². The summed E-state index contributed by atoms with van der Waals surface area (Å²) in [5, 5.41) is 12.0. The van der Waals surface area contributed by atoms with Gasteiger partial charge in [-0.05, 0) is 62.4 Å². The van der Waals surface area contributed by atoms with Gasteiger partial charge >= 0.3 is 0 Å². The van der Waals surface area contributed by atoms with E-state index in [1.165, 1.54) is 42.2 Å². The molecule has 1 amide bonds. The highest BCUT2D eigenvalue weighted by molar-refractivity contribution is 7.99. The molecule has 0 atom stereocenters. The quantitative estimate of drug-likeness (QED) is 0.570. The zero-order valence-electron chi connectivity index (χ0n) is 18.0. The number of benzene rings is 1. The number of rotatable bonds is 7. The van der Waals surface area contributed by atoms with Crippen molar-refractivity contribution < 1.29 is 4.79 Å². The number of piperidine rings is 1. The van der Waals surface area contributed by atoms with E-state index in [9.17, 15) is 4.79 Å². The van der Waals surface area contributed by atoms with Crippen LogP contribution < -0.4 is 10.2 Å². The average molecular weight is 437 g/mol. The van der Waals surface area contributed by atoms with Gasteiger partial charge in [0.2, 0.25) is 5.91 Å². The lowest BCUT2D eigenvalue weighted by molar-refractivity contribution is -0.118. The van der Waals surface area contributed by atoms with Crippen LogP contribution in [0.25, 0.3) is 5.69 Å². The van der Waals surface area contributed by atoms with Crippen LogP contribution in [-0.2, 0) is 11.3 Å². The highest BCUT2D eigenvalue weighted by Gasteiger charge is 2.16. The zero-order chi connectivity index (χ0) is 21.6. The lowest BCUT2D eigenvalue weighted by Gasteiger charge is -2.29. The summed E-state index contributed by atoms with van der Waals surface area (Å²) >= 11 is 1.39. The minimum Gasteiger partial charge on any atom is -0.356 e. The number of thioether (sulfide) groups is 1. The minimum absolute atomic E-state index is 0.0342. The van der Waals surface area contributed by atoms with Crippen LogP contribution in [0.4, 0.5) is 5.82 Å². The van der Waals surface area contributed by atoms with Crippen LogP contribution in [0.3, 0.4) is 0 Å². The van der Waals surface area contributed by atoms with Crippen LogP contribution in [0.5, 0.6) is 0 Å². The van der Waals surface area contributed by atoms with Crippen molar-refractivity contribution in [2.45, 2.75) is 44.8 Å². The first kappa shape index (κ1) is 21.4. The third-order valence-electron chi connectivity index (χ3n) is 5.62. The summed E-state index contributed by atoms with van der Waals surface area (Å²) in [4.78, 5) is 19.4. The summed E-state index contributed by atoms with van der Waals surface area (Å²) in [6.07, 6.45) is 7.18. The number of anilines is 1. The van der Waals surface area contributed by atoms with E-state index in [0.29, 0.717) is 11.7 Å². The fourth-order valence-corrected chi connectivity index (χ4v) is 4.47. The maximum absolute atomic E-state index is 12.5. The second-order valence-electron chi connectivity index (χ2n) is 7.85. The van der Waals surface area contributed by atoms with Crippen molar-refractivity contribution in [3.63, 3.8) is 0 Å². The van der Waals surface area contributed by atoms with Crippen LogP contribution >= 0.6 is 11.8 Å². The SMILES string of the molecule is Cc1ccc(-n2cnnc2SCC(=O)NCc2cccnc2N2CCCCC2)cc1C. The molecule has 0 spiro atoms. The van der Waals surface area contributed by atoms with E-state index in [4.69, 9.17) is 0 Å². The van der Waals surface area contributed by atoms with E-state index < -0.39 is 0 Å². The maximum atomic E-state index is 12.5. The molecule has 0 aliphatic carbocycles. The van der Waals surface area contributed by atoms with Crippen LogP contribution in [0.2, 0.25) is 0 Å². The summed E-state index contributed by atoms with van der Waals surface area (Å²) in [7, 11) is 0. The number of aryl methyl sites for hydroxylation is 2. The molecule has 1 fully saturated rings. The molecule has 3 aromatic rings. The number of aromatic nitrogens is 4. The predicted molar refractivity (Wildman–Crippen MR) is 124 cm³/mol. The Morgan fingerprint density at radius 1 is 1.13 bits per heavy atom. The largest absolute Gasteiger partial charge is 0.356 e. The number of pyridine rings is 1. The van der Waals surface area contributed by atoms with Crippen molar-refractivity contribution in [1.29, 1.82) is 0 Å². The van der Waals surface area contributed by atoms with Crippen LogP contribution in [-0.4, -0.2) is 44.5 Å². The van der Waals surface area contributed by atoms with Crippen LogP contribution in [0.15, 0.2) is 48.0 Å². The molecule has 8 heteroatoms. The summed E-state index contributed by atoms with van der Waals surface area (Å²) in [5.74, 6) is 1.24. The van der Waals surface area contributed by atoms with Gasteiger partial charge in [0.05, 0.1) is 5.75 Å². The molecule has 1 aliphatic rings. The van der Waals surface area contributed by atoms with Gasteiger partial charge < -0.3 is 10.2 Å². The number of carbonyl (C=O) groups is 1. The Kier molecular flexibility index (Phi) is 6.86. The summed E-state index contributed by atoms with van der Waals surface area (Å²) < 4.78 is 1.92. The number of nitrogens with zero attached hydrogens (tertiary/aromatic N) is 5. The molecular weight excluding hydrogens is 408 g/mol. The van der Waals surface area contributed by atoms with Gasteiger partial charge in [0.1, 0.15) is 12.1 Å². The summed E-state index contributed by atoms with van der Waals surface area (Å²) in [6, 6.07) is 10.2. The third kappa shape index (κ3) is 5.25. The Morgan fingerprint density at radius 2 is 1.97 bits per heavy atom. The fraction of sp³-hybridized carbons (Fsp3) is 0.391. The normalized spacial score (nSPS) is 13.9. The molecule has 1 aromatic carbocycles. The van der Waals surface area contributed by atoms with E-state index in [1.54, 1.807) is 6.33 Å². The lowest BCUT2D eigenvalue weighted by Crippen LogP contribution is -2.32. The molecule has 0 unspecified atom stereocenters. The van der Waals surface area contributed by atoms with Crippen molar-refractivity contribution in [3.8, 4) is 5.69 Å². The smallest absolute Gasteiger partial charge is 0.230 e. The molecule has 1 saturated heterocycles. The van der Waals surface area contributed by atoms with E-state index in [2.05, 4.69) is 51.4 Å². The fourth-order valence-electron chi connectivity index (χ4n) is 3.71. The molecule has 3 heterocycles. The van der Waals surface area contributed by atoms with E-state index in [-0.39, 0.29) is 11.7 Å². The predicted octanol–water partition coefficient (Wildman–Crippen LogP) is 3.68. The van der Waals surface area contributed by atoms with Gasteiger partial charge in [0, 0.05) is 37.1 Å². The molecule has 162 valence electrons. The Bertz CT molecular complexity index is 1040. The number of hydrogen-bond acceptors (Lipinski definition) is 6. The summed E-state index contributed by atoms with van der Waals surface area (Å²) in [6.45, 7) is 6.71. The molecular formula is C23H28N6OS. The first-order chi connectivity index (χ1) is 15.1. The molecule has 0 radical (unpaired) electrons. The van der Waals surface area contributed by atoms with Gasteiger partial charge in [0.15, 0.2) is 5.16 Å². The summed E-state index contributed by atoms with van der Waals surface area (Å²) in [5.41, 5.74) is 4.50. The van der Waals surface area contributed by atoms with E-state index in [1.807, 2.05) is 29.0 Å². The van der Waals surface area contributed by atoms with Crippen molar-refractivity contribution >= 4 is 23.5 Å². The maximum Gasteiger partial charge on any atom is 0.230 e. The average Bonchev–Trinajstić information content (AvgIpc) is 3.27. The van der Waals surface area contributed by atoms with Gasteiger partial charge in [-0.25, -0.2) is 4.98 Å². The molecule has 2 aromatic heterocycles. The van der Waals surface area contributed by atoms with Gasteiger partial charge in [-0.3, -0.25) is 9.36 Å². The second kappa shape index (κ2) is 9.96. The number of nitrogens with one attached hydrogen (secondary N) is 1. The van der Waals surface area contributed by atoms with E-state index >= 15 is 0 Å². The Morgan fingerprint density at radius 3 is 2.77 bits per heavy atom. The molecule has 0 bridgehead atoms. The molecule has 0 saturated carbocycles. The van der Waals surface area contributed by atoms with Crippen molar-refractivity contribution in [2.75, 3.05) is 23.7 Å². The topological polar surface area (TPSA) is 75.9 Å². The van der Waals surface area contributed by atoms with Crippen molar-refractivity contribution in [2.24, 2.45) is 0 Å². The molecule has 1 N–H and O–H groups in total. The van der Waals surface area contributed by atoms with Gasteiger partial charge in [0.25, 0.3) is 0 Å². The Labute approximate surface area is 187 Å². The zero-order valence-corrected chi connectivity index (χ0v) is 18.9. The van der Waals surface area contributed by atoms with Gasteiger partial charge in [-0.1, -0.05) is 23.9 Å². The Hall–Kier alpha value is -2.87. The standard InChI is InChI=1S/C23H28N6OS/c1-17-8-9-20(13-18(17)2)29-16-26-27-23(29)31-15-21(30)25-14-19-7-6-10-24-22(19)28-11-4-3-5-12-28/h6-10,13,16H,3-5,11-12,14-15H2,1-2H3,(H,25,30). The van der Waals surface area contributed by atoms with Crippen molar-refractivity contribution in [3.05, 3.63) is 59.5 Å². The molecule has 31 heavy (non-hydrogen) atoms. The van der Waals surface area contributed by atoms with Crippen LogP contribution in [0.1, 0.15) is 36.0 Å². The van der Waals surface area contributed by atoms with Crippen LogP contribution in [0, 0.1) is 13.8 Å². The Balaban J connectivity index is 1.35. The molecule has 7 nitrogen and oxygen atoms in total. The van der Waals surface area contributed by atoms with E-state index in [0.717, 1.165) is 30.2 Å². The number of hydrogen-bond donors (Lipinski definition) is 1. The number of amides is 1. The molecule has 1 aliphatic heterocycles. The second-order valence-corrected chi connectivity index (χ2v) is 8.79. The molecule has 4 rings (SSSR count). The highest BCUT2D eigenvalue weighted by Crippen LogP contribution is 2.23. The van der Waals surface area contributed by atoms with Crippen molar-refractivity contribution in [1.82, 2.24) is 25.1 Å². The number of carbonyl (C=O) groups excluding carboxylic acids is 1.